The molecule has 1 aliphatic heterocycles. The topological polar surface area (TPSA) is 92.7 Å². The molecule has 0 aromatic carbocycles. The van der Waals surface area contributed by atoms with Crippen LogP contribution in [0.1, 0.15) is 43.2 Å². The van der Waals surface area contributed by atoms with E-state index in [0.717, 1.165) is 5.56 Å². The Balaban J connectivity index is 1.81. The van der Waals surface area contributed by atoms with Crippen LogP contribution in [0.4, 0.5) is 0 Å². The van der Waals surface area contributed by atoms with Gasteiger partial charge < -0.3 is 4.74 Å². The van der Waals surface area contributed by atoms with Crippen molar-refractivity contribution in [1.29, 1.82) is 0 Å². The van der Waals surface area contributed by atoms with E-state index >= 15 is 0 Å². The minimum Gasteiger partial charge on any atom is -0.465 e. The molecule has 1 aliphatic rings. The molecule has 2 aromatic heterocycles. The molecule has 2 aromatic rings. The zero-order valence-electron chi connectivity index (χ0n) is 14.5. The van der Waals surface area contributed by atoms with Crippen LogP contribution in [0.5, 0.6) is 0 Å². The predicted octanol–water partition coefficient (Wildman–Crippen LogP) is 1.47. The highest BCUT2D eigenvalue weighted by atomic mass is 16.5. The third-order valence-corrected chi connectivity index (χ3v) is 4.17. The zero-order valence-corrected chi connectivity index (χ0v) is 14.5. The molecule has 0 atom stereocenters. The van der Waals surface area contributed by atoms with Crippen LogP contribution in [-0.2, 0) is 4.74 Å². The number of hydrogen-bond acceptors (Lipinski definition) is 6. The van der Waals surface area contributed by atoms with E-state index in [2.05, 4.69) is 14.7 Å². The lowest BCUT2D eigenvalue weighted by Gasteiger charge is -2.28. The number of hydrazine groups is 1. The maximum absolute atomic E-state index is 12.8. The molecule has 3 heterocycles. The summed E-state index contributed by atoms with van der Waals surface area (Å²) in [6.07, 6.45) is 5.08. The summed E-state index contributed by atoms with van der Waals surface area (Å²) in [7, 11) is 1.27. The fourth-order valence-corrected chi connectivity index (χ4v) is 2.75. The fourth-order valence-electron chi connectivity index (χ4n) is 2.75. The summed E-state index contributed by atoms with van der Waals surface area (Å²) in [6.45, 7) is 2.69. The summed E-state index contributed by atoms with van der Waals surface area (Å²) >= 11 is 0. The van der Waals surface area contributed by atoms with Crippen LogP contribution in [0, 0.1) is 6.92 Å². The monoisotopic (exact) mass is 354 g/mol. The van der Waals surface area contributed by atoms with Crippen molar-refractivity contribution in [3.8, 4) is 0 Å². The van der Waals surface area contributed by atoms with E-state index < -0.39 is 11.9 Å². The number of pyridine rings is 2. The second kappa shape index (κ2) is 7.30. The van der Waals surface area contributed by atoms with Gasteiger partial charge in [0.05, 0.1) is 18.2 Å². The summed E-state index contributed by atoms with van der Waals surface area (Å²) in [6, 6.07) is 4.67. The Labute approximate surface area is 150 Å². The number of hydrogen-bond donors (Lipinski definition) is 0. The highest BCUT2D eigenvalue weighted by Gasteiger charge is 2.33. The van der Waals surface area contributed by atoms with Crippen LogP contribution in [0.25, 0.3) is 0 Å². The number of aromatic nitrogens is 2. The van der Waals surface area contributed by atoms with E-state index in [0.29, 0.717) is 25.1 Å². The minimum atomic E-state index is -0.526. The zero-order chi connectivity index (χ0) is 18.7. The first-order valence-corrected chi connectivity index (χ1v) is 8.11. The Kier molecular flexibility index (Phi) is 4.92. The van der Waals surface area contributed by atoms with Crippen LogP contribution in [0.15, 0.2) is 36.8 Å². The Hall–Kier alpha value is -3.29. The van der Waals surface area contributed by atoms with Gasteiger partial charge >= 0.3 is 5.97 Å². The van der Waals surface area contributed by atoms with Crippen molar-refractivity contribution in [3.05, 3.63) is 59.2 Å². The van der Waals surface area contributed by atoms with Crippen molar-refractivity contribution in [2.75, 3.05) is 20.2 Å². The normalized spacial score (nSPS) is 13.6. The molecule has 26 heavy (non-hydrogen) atoms. The molecule has 3 rings (SSSR count). The summed E-state index contributed by atoms with van der Waals surface area (Å²) in [5, 5.41) is 2.80. The van der Waals surface area contributed by atoms with Crippen LogP contribution >= 0.6 is 0 Å². The molecule has 1 fully saturated rings. The molecule has 1 saturated heterocycles. The Morgan fingerprint density at radius 3 is 2.38 bits per heavy atom. The average molecular weight is 354 g/mol. The van der Waals surface area contributed by atoms with Crippen LogP contribution in [0.2, 0.25) is 0 Å². The van der Waals surface area contributed by atoms with Gasteiger partial charge in [-0.05, 0) is 37.1 Å². The van der Waals surface area contributed by atoms with Gasteiger partial charge in [-0.1, -0.05) is 0 Å². The van der Waals surface area contributed by atoms with Crippen molar-refractivity contribution in [3.63, 3.8) is 0 Å². The van der Waals surface area contributed by atoms with E-state index in [1.807, 2.05) is 6.92 Å². The van der Waals surface area contributed by atoms with Crippen molar-refractivity contribution < 1.29 is 19.1 Å². The largest absolute Gasteiger partial charge is 0.465 e. The fraction of sp³-hybridized carbons (Fsp3) is 0.278. The first kappa shape index (κ1) is 17.5. The van der Waals surface area contributed by atoms with Gasteiger partial charge in [0, 0.05) is 31.7 Å². The van der Waals surface area contributed by atoms with Gasteiger partial charge in [0.1, 0.15) is 5.69 Å². The molecular formula is C18H18N4O4. The number of aryl methyl sites for hydroxylation is 1. The van der Waals surface area contributed by atoms with Gasteiger partial charge in [-0.2, -0.15) is 0 Å². The van der Waals surface area contributed by atoms with Crippen LogP contribution in [0.3, 0.4) is 0 Å². The summed E-state index contributed by atoms with van der Waals surface area (Å²) in [5.74, 6) is -1.19. The van der Waals surface area contributed by atoms with Gasteiger partial charge in [0.15, 0.2) is 0 Å². The van der Waals surface area contributed by atoms with Crippen LogP contribution < -0.4 is 0 Å². The SMILES string of the molecule is COC(=O)c1ccc(C(=O)N2CCCN2C(=O)c2cnccc2C)nc1. The minimum absolute atomic E-state index is 0.153. The van der Waals surface area contributed by atoms with Gasteiger partial charge in [0.25, 0.3) is 11.8 Å². The molecule has 0 bridgehead atoms. The number of amides is 2. The van der Waals surface area contributed by atoms with E-state index in [1.54, 1.807) is 12.3 Å². The molecule has 0 radical (unpaired) electrons. The second-order valence-corrected chi connectivity index (χ2v) is 5.82. The molecule has 2 amide bonds. The lowest BCUT2D eigenvalue weighted by Crippen LogP contribution is -2.45. The van der Waals surface area contributed by atoms with E-state index in [-0.39, 0.29) is 17.2 Å². The molecule has 0 saturated carbocycles. The first-order valence-electron chi connectivity index (χ1n) is 8.11. The highest BCUT2D eigenvalue weighted by molar-refractivity contribution is 5.99. The third-order valence-electron chi connectivity index (χ3n) is 4.17. The number of methoxy groups -OCH3 is 1. The van der Waals surface area contributed by atoms with Crippen molar-refractivity contribution in [1.82, 2.24) is 20.0 Å². The maximum Gasteiger partial charge on any atom is 0.339 e. The number of nitrogens with zero attached hydrogens (tertiary/aromatic N) is 4. The van der Waals surface area contributed by atoms with Gasteiger partial charge in [-0.25, -0.2) is 14.8 Å². The smallest absolute Gasteiger partial charge is 0.339 e. The standard InChI is InChI=1S/C18H18N4O4/c1-12-6-7-19-11-14(12)16(23)21-8-3-9-22(21)17(24)15-5-4-13(10-20-15)18(25)26-2/h4-7,10-11H,3,8-9H2,1-2H3. The molecular weight excluding hydrogens is 336 g/mol. The number of rotatable bonds is 3. The number of carbonyl (C=O) groups is 3. The molecule has 0 aliphatic carbocycles. The van der Waals surface area contributed by atoms with Gasteiger partial charge in [0.2, 0.25) is 0 Å². The number of ether oxygens (including phenoxy) is 1. The Morgan fingerprint density at radius 1 is 1.04 bits per heavy atom. The maximum atomic E-state index is 12.8. The predicted molar refractivity (Wildman–Crippen MR) is 91.2 cm³/mol. The van der Waals surface area contributed by atoms with E-state index in [1.165, 1.54) is 41.7 Å². The molecule has 0 spiro atoms. The van der Waals surface area contributed by atoms with Crippen molar-refractivity contribution >= 4 is 17.8 Å². The molecule has 0 unspecified atom stereocenters. The quantitative estimate of drug-likeness (QED) is 0.775. The first-order chi connectivity index (χ1) is 12.5. The van der Waals surface area contributed by atoms with Gasteiger partial charge in [-0.15, -0.1) is 0 Å². The van der Waals surface area contributed by atoms with Gasteiger partial charge in [-0.3, -0.25) is 19.6 Å². The molecule has 8 heteroatoms. The number of carbonyl (C=O) groups excluding carboxylic acids is 3. The Bertz CT molecular complexity index is 851. The molecule has 134 valence electrons. The summed E-state index contributed by atoms with van der Waals surface area (Å²) in [4.78, 5) is 45.1. The van der Waals surface area contributed by atoms with Crippen molar-refractivity contribution in [2.45, 2.75) is 13.3 Å². The third kappa shape index (κ3) is 3.26. The summed E-state index contributed by atoms with van der Waals surface area (Å²) in [5.41, 5.74) is 1.66. The Morgan fingerprint density at radius 2 is 1.77 bits per heavy atom. The molecule has 0 N–H and O–H groups in total. The highest BCUT2D eigenvalue weighted by Crippen LogP contribution is 2.19. The number of esters is 1. The summed E-state index contributed by atoms with van der Waals surface area (Å²) < 4.78 is 4.61. The lowest BCUT2D eigenvalue weighted by atomic mass is 10.1. The average Bonchev–Trinajstić information content (AvgIpc) is 3.16. The second-order valence-electron chi connectivity index (χ2n) is 5.82. The lowest BCUT2D eigenvalue weighted by molar-refractivity contribution is 0.0181. The van der Waals surface area contributed by atoms with Crippen molar-refractivity contribution in [2.24, 2.45) is 0 Å². The molecule has 8 nitrogen and oxygen atoms in total. The van der Waals surface area contributed by atoms with E-state index in [9.17, 15) is 14.4 Å². The van der Waals surface area contributed by atoms with Crippen LogP contribution in [-0.4, -0.2) is 58.0 Å². The van der Waals surface area contributed by atoms with E-state index in [4.69, 9.17) is 0 Å².